The molecule has 96 valence electrons. The van der Waals surface area contributed by atoms with Crippen LogP contribution in [-0.2, 0) is 0 Å². The fraction of sp³-hybridized carbons (Fsp3) is 0.533. The molecule has 3 nitrogen and oxygen atoms in total. The predicted molar refractivity (Wildman–Crippen MR) is 69.1 cm³/mol. The summed E-state index contributed by atoms with van der Waals surface area (Å²) in [6, 6.07) is 9.71. The zero-order valence-electron chi connectivity index (χ0n) is 10.7. The van der Waals surface area contributed by atoms with E-state index in [1.807, 2.05) is 24.3 Å². The van der Waals surface area contributed by atoms with E-state index < -0.39 is 11.5 Å². The molecule has 0 bridgehead atoms. The van der Waals surface area contributed by atoms with E-state index in [4.69, 9.17) is 4.74 Å². The molecular formula is C15H19NO2. The molecule has 3 heteroatoms. The van der Waals surface area contributed by atoms with Gasteiger partial charge in [-0.1, -0.05) is 25.5 Å². The molecule has 2 rings (SSSR count). The van der Waals surface area contributed by atoms with Gasteiger partial charge in [0.2, 0.25) is 0 Å². The van der Waals surface area contributed by atoms with Crippen LogP contribution in [-0.4, -0.2) is 11.7 Å². The third-order valence-corrected chi connectivity index (χ3v) is 3.66. The summed E-state index contributed by atoms with van der Waals surface area (Å²) in [6.45, 7) is 2.76. The van der Waals surface area contributed by atoms with E-state index in [9.17, 15) is 10.4 Å². The van der Waals surface area contributed by atoms with Crippen molar-refractivity contribution in [3.63, 3.8) is 0 Å². The van der Waals surface area contributed by atoms with Crippen molar-refractivity contribution in [2.24, 2.45) is 5.41 Å². The Hall–Kier alpha value is -1.53. The van der Waals surface area contributed by atoms with Crippen LogP contribution in [0.5, 0.6) is 5.75 Å². The van der Waals surface area contributed by atoms with Crippen molar-refractivity contribution < 1.29 is 9.84 Å². The van der Waals surface area contributed by atoms with Crippen LogP contribution >= 0.6 is 0 Å². The predicted octanol–water partition coefficient (Wildman–Crippen LogP) is 3.20. The summed E-state index contributed by atoms with van der Waals surface area (Å²) >= 11 is 0. The van der Waals surface area contributed by atoms with Gasteiger partial charge >= 0.3 is 0 Å². The quantitative estimate of drug-likeness (QED) is 0.866. The van der Waals surface area contributed by atoms with E-state index in [1.54, 1.807) is 0 Å². The summed E-state index contributed by atoms with van der Waals surface area (Å²) < 4.78 is 5.50. The molecule has 0 spiro atoms. The summed E-state index contributed by atoms with van der Waals surface area (Å²) in [7, 11) is 0. The Labute approximate surface area is 108 Å². The second-order valence-corrected chi connectivity index (χ2v) is 4.94. The molecular weight excluding hydrogens is 226 g/mol. The molecule has 1 atom stereocenters. The highest BCUT2D eigenvalue weighted by Gasteiger charge is 2.44. The van der Waals surface area contributed by atoms with E-state index in [-0.39, 0.29) is 0 Å². The summed E-state index contributed by atoms with van der Waals surface area (Å²) in [6.07, 6.45) is 2.90. The lowest BCUT2D eigenvalue weighted by molar-refractivity contribution is 0.00792. The largest absolute Gasteiger partial charge is 0.494 e. The van der Waals surface area contributed by atoms with Crippen molar-refractivity contribution in [3.8, 4) is 11.8 Å². The van der Waals surface area contributed by atoms with Crippen molar-refractivity contribution in [2.75, 3.05) is 6.61 Å². The molecule has 1 aromatic rings. The first kappa shape index (κ1) is 12.9. The van der Waals surface area contributed by atoms with Crippen molar-refractivity contribution in [1.29, 1.82) is 5.26 Å². The molecule has 18 heavy (non-hydrogen) atoms. The zero-order chi connectivity index (χ0) is 13.0. The normalized spacial score (nSPS) is 18.5. The number of aliphatic hydroxyl groups is 1. The Morgan fingerprint density at radius 3 is 2.50 bits per heavy atom. The minimum absolute atomic E-state index is 0.564. The summed E-state index contributed by atoms with van der Waals surface area (Å²) in [5.74, 6) is 0.812. The van der Waals surface area contributed by atoms with Crippen LogP contribution in [0.1, 0.15) is 44.3 Å². The SMILES string of the molecule is CCCOc1ccc(C(O)C2(C#N)CCC2)cc1. The van der Waals surface area contributed by atoms with Crippen LogP contribution in [0.15, 0.2) is 24.3 Å². The standard InChI is InChI=1S/C15H19NO2/c1-2-10-18-13-6-4-12(5-7-13)14(17)15(11-16)8-3-9-15/h4-7,14,17H,2-3,8-10H2,1H3. The van der Waals surface area contributed by atoms with E-state index >= 15 is 0 Å². The minimum atomic E-state index is -0.684. The number of nitriles is 1. The van der Waals surface area contributed by atoms with Crippen molar-refractivity contribution in [3.05, 3.63) is 29.8 Å². The lowest BCUT2D eigenvalue weighted by Crippen LogP contribution is -2.34. The van der Waals surface area contributed by atoms with Crippen molar-refractivity contribution in [1.82, 2.24) is 0 Å². The lowest BCUT2D eigenvalue weighted by atomic mass is 9.65. The first-order chi connectivity index (χ1) is 8.72. The van der Waals surface area contributed by atoms with Crippen LogP contribution in [0.2, 0.25) is 0 Å². The van der Waals surface area contributed by atoms with E-state index in [0.29, 0.717) is 6.61 Å². The van der Waals surface area contributed by atoms with Crippen LogP contribution in [0.25, 0.3) is 0 Å². The fourth-order valence-electron chi connectivity index (χ4n) is 2.29. The van der Waals surface area contributed by atoms with Crippen LogP contribution < -0.4 is 4.74 Å². The number of aliphatic hydroxyl groups excluding tert-OH is 1. The molecule has 0 aromatic heterocycles. The third kappa shape index (κ3) is 2.34. The van der Waals surface area contributed by atoms with Gasteiger partial charge in [0.15, 0.2) is 0 Å². The lowest BCUT2D eigenvalue weighted by Gasteiger charge is -2.39. The van der Waals surface area contributed by atoms with Gasteiger partial charge in [-0.15, -0.1) is 0 Å². The number of rotatable bonds is 5. The molecule has 0 aliphatic heterocycles. The average Bonchev–Trinajstić information content (AvgIpc) is 2.36. The first-order valence-electron chi connectivity index (χ1n) is 6.54. The Kier molecular flexibility index (Phi) is 3.88. The number of hydrogen-bond donors (Lipinski definition) is 1. The third-order valence-electron chi connectivity index (χ3n) is 3.66. The van der Waals surface area contributed by atoms with Gasteiger partial charge in [0.05, 0.1) is 24.2 Å². The summed E-state index contributed by atoms with van der Waals surface area (Å²) in [5, 5.41) is 19.5. The number of hydrogen-bond acceptors (Lipinski definition) is 3. The molecule has 1 unspecified atom stereocenters. The minimum Gasteiger partial charge on any atom is -0.494 e. The molecule has 1 N–H and O–H groups in total. The van der Waals surface area contributed by atoms with Crippen LogP contribution in [0.4, 0.5) is 0 Å². The van der Waals surface area contributed by atoms with E-state index in [2.05, 4.69) is 13.0 Å². The van der Waals surface area contributed by atoms with Gasteiger partial charge in [-0.3, -0.25) is 0 Å². The van der Waals surface area contributed by atoms with Gasteiger partial charge in [-0.2, -0.15) is 5.26 Å². The first-order valence-corrected chi connectivity index (χ1v) is 6.54. The van der Waals surface area contributed by atoms with Crippen molar-refractivity contribution in [2.45, 2.75) is 38.7 Å². The summed E-state index contributed by atoms with van der Waals surface area (Å²) in [4.78, 5) is 0. The molecule has 0 radical (unpaired) electrons. The van der Waals surface area contributed by atoms with Gasteiger partial charge in [0.1, 0.15) is 5.75 Å². The molecule has 0 amide bonds. The maximum absolute atomic E-state index is 10.3. The van der Waals surface area contributed by atoms with Gasteiger partial charge in [0, 0.05) is 0 Å². The van der Waals surface area contributed by atoms with Crippen molar-refractivity contribution >= 4 is 0 Å². The van der Waals surface area contributed by atoms with E-state index in [0.717, 1.165) is 37.0 Å². The van der Waals surface area contributed by atoms with E-state index in [1.165, 1.54) is 0 Å². The molecule has 1 saturated carbocycles. The number of ether oxygens (including phenoxy) is 1. The topological polar surface area (TPSA) is 53.2 Å². The average molecular weight is 245 g/mol. The molecule has 1 fully saturated rings. The second-order valence-electron chi connectivity index (χ2n) is 4.94. The van der Waals surface area contributed by atoms with Gasteiger partial charge in [-0.05, 0) is 37.0 Å². The highest BCUT2D eigenvalue weighted by molar-refractivity contribution is 5.31. The molecule has 1 aromatic carbocycles. The Morgan fingerprint density at radius 1 is 1.39 bits per heavy atom. The zero-order valence-corrected chi connectivity index (χ0v) is 10.7. The second kappa shape index (κ2) is 5.41. The maximum atomic E-state index is 10.3. The van der Waals surface area contributed by atoms with Crippen LogP contribution in [0, 0.1) is 16.7 Å². The highest BCUT2D eigenvalue weighted by Crippen LogP contribution is 2.49. The Bertz CT molecular complexity index is 429. The van der Waals surface area contributed by atoms with Crippen LogP contribution in [0.3, 0.4) is 0 Å². The number of nitrogens with zero attached hydrogens (tertiary/aromatic N) is 1. The van der Waals surface area contributed by atoms with Gasteiger partial charge < -0.3 is 9.84 Å². The summed E-state index contributed by atoms with van der Waals surface area (Å²) in [5.41, 5.74) is 0.242. The Morgan fingerprint density at radius 2 is 2.06 bits per heavy atom. The van der Waals surface area contributed by atoms with Gasteiger partial charge in [0.25, 0.3) is 0 Å². The molecule has 0 heterocycles. The molecule has 0 saturated heterocycles. The fourth-order valence-corrected chi connectivity index (χ4v) is 2.29. The molecule has 1 aliphatic rings. The monoisotopic (exact) mass is 245 g/mol. The van der Waals surface area contributed by atoms with Gasteiger partial charge in [-0.25, -0.2) is 0 Å². The molecule has 1 aliphatic carbocycles. The number of benzene rings is 1. The smallest absolute Gasteiger partial charge is 0.119 e. The Balaban J connectivity index is 2.07. The maximum Gasteiger partial charge on any atom is 0.119 e. The highest BCUT2D eigenvalue weighted by atomic mass is 16.5.